The average Bonchev–Trinajstić information content (AvgIpc) is 3.28. The second kappa shape index (κ2) is 8.88. The van der Waals surface area contributed by atoms with E-state index in [1.165, 1.54) is 36.4 Å². The van der Waals surface area contributed by atoms with Gasteiger partial charge in [0.15, 0.2) is 4.90 Å². The van der Waals surface area contributed by atoms with Gasteiger partial charge in [0.05, 0.1) is 4.92 Å². The largest absolute Gasteiger partial charge is 0.403 e. The maximum absolute atomic E-state index is 12.6. The van der Waals surface area contributed by atoms with Gasteiger partial charge >= 0.3 is 6.01 Å². The summed E-state index contributed by atoms with van der Waals surface area (Å²) in [6, 6.07) is 19.4. The Balaban J connectivity index is 1.46. The van der Waals surface area contributed by atoms with Gasteiger partial charge in [-0.3, -0.25) is 24.9 Å². The fraction of sp³-hybridized carbons (Fsp3) is 0. The molecule has 33 heavy (non-hydrogen) atoms. The molecule has 0 aliphatic carbocycles. The van der Waals surface area contributed by atoms with Crippen molar-refractivity contribution in [2.75, 3.05) is 10.0 Å². The quantitative estimate of drug-likeness (QED) is 0.309. The highest BCUT2D eigenvalue weighted by Crippen LogP contribution is 2.25. The lowest BCUT2D eigenvalue weighted by atomic mass is 10.2. The monoisotopic (exact) mass is 465 g/mol. The number of rotatable bonds is 7. The number of nitrogens with zero attached hydrogens (tertiary/aromatic N) is 3. The summed E-state index contributed by atoms with van der Waals surface area (Å²) in [6.45, 7) is 0. The number of aromatic nitrogens is 2. The molecular formula is C21H15N5O6S. The minimum absolute atomic E-state index is 0.0972. The summed E-state index contributed by atoms with van der Waals surface area (Å²) in [7, 11) is -4.22. The van der Waals surface area contributed by atoms with Crippen molar-refractivity contribution in [3.8, 4) is 11.5 Å². The molecule has 4 aromatic rings. The van der Waals surface area contributed by atoms with Gasteiger partial charge in [-0.05, 0) is 42.5 Å². The van der Waals surface area contributed by atoms with Crippen LogP contribution in [-0.2, 0) is 10.0 Å². The minimum Gasteiger partial charge on any atom is -0.403 e. The molecule has 0 aliphatic rings. The SMILES string of the molecule is O=C(Nc1nnc(-c2ccccc2)o1)c1ccc(NS(=O)(=O)c2ccccc2[N+](=O)[O-])cc1. The Hall–Kier alpha value is -4.58. The van der Waals surface area contributed by atoms with Crippen molar-refractivity contribution in [2.45, 2.75) is 4.90 Å². The molecule has 0 bridgehead atoms. The van der Waals surface area contributed by atoms with Crippen LogP contribution >= 0.6 is 0 Å². The lowest BCUT2D eigenvalue weighted by molar-refractivity contribution is -0.387. The number of carbonyl (C=O) groups is 1. The Bertz CT molecular complexity index is 1420. The number of carbonyl (C=O) groups excluding carboxylic acids is 1. The van der Waals surface area contributed by atoms with Gasteiger partial charge in [0.2, 0.25) is 5.89 Å². The number of sulfonamides is 1. The van der Waals surface area contributed by atoms with Crippen molar-refractivity contribution in [2.24, 2.45) is 0 Å². The van der Waals surface area contributed by atoms with Crippen LogP contribution in [0.15, 0.2) is 88.2 Å². The summed E-state index contributed by atoms with van der Waals surface area (Å²) in [6.07, 6.45) is 0. The van der Waals surface area contributed by atoms with Crippen molar-refractivity contribution in [1.29, 1.82) is 0 Å². The van der Waals surface area contributed by atoms with Crippen LogP contribution in [0.1, 0.15) is 10.4 Å². The van der Waals surface area contributed by atoms with E-state index in [0.29, 0.717) is 5.56 Å². The molecule has 2 N–H and O–H groups in total. The summed E-state index contributed by atoms with van der Waals surface area (Å²) < 4.78 is 32.9. The van der Waals surface area contributed by atoms with Crippen LogP contribution in [0.3, 0.4) is 0 Å². The first kappa shape index (κ1) is 21.6. The van der Waals surface area contributed by atoms with E-state index in [2.05, 4.69) is 20.2 Å². The highest BCUT2D eigenvalue weighted by atomic mass is 32.2. The third kappa shape index (κ3) is 4.85. The van der Waals surface area contributed by atoms with Gasteiger partial charge in [-0.2, -0.15) is 0 Å². The molecule has 166 valence electrons. The van der Waals surface area contributed by atoms with Crippen LogP contribution in [-0.4, -0.2) is 29.4 Å². The third-order valence-electron chi connectivity index (χ3n) is 4.42. The molecule has 0 saturated carbocycles. The molecule has 0 aliphatic heterocycles. The Labute approximate surface area is 187 Å². The van der Waals surface area contributed by atoms with Crippen molar-refractivity contribution in [1.82, 2.24) is 10.2 Å². The van der Waals surface area contributed by atoms with Crippen molar-refractivity contribution >= 4 is 33.3 Å². The number of nitro groups is 1. The summed E-state index contributed by atoms with van der Waals surface area (Å²) in [5.74, 6) is -0.308. The molecule has 0 atom stereocenters. The van der Waals surface area contributed by atoms with Gasteiger partial charge in [-0.15, -0.1) is 5.10 Å². The number of anilines is 2. The highest BCUT2D eigenvalue weighted by molar-refractivity contribution is 7.92. The molecular weight excluding hydrogens is 450 g/mol. The zero-order chi connectivity index (χ0) is 23.4. The van der Waals surface area contributed by atoms with E-state index in [1.807, 2.05) is 18.2 Å². The Morgan fingerprint density at radius 2 is 1.58 bits per heavy atom. The van der Waals surface area contributed by atoms with Crippen molar-refractivity contribution in [3.05, 3.63) is 94.5 Å². The van der Waals surface area contributed by atoms with Crippen molar-refractivity contribution < 1.29 is 22.6 Å². The standard InChI is InChI=1S/C21H15N5O6S/c27-19(22-21-24-23-20(32-21)15-6-2-1-3-7-15)14-10-12-16(13-11-14)25-33(30,31)18-9-5-4-8-17(18)26(28)29/h1-13,25H,(H,22,24,27). The number of hydrogen-bond donors (Lipinski definition) is 2. The molecule has 1 heterocycles. The van der Waals surface area contributed by atoms with E-state index in [-0.39, 0.29) is 23.2 Å². The predicted molar refractivity (Wildman–Crippen MR) is 118 cm³/mol. The van der Waals surface area contributed by atoms with E-state index < -0.39 is 31.4 Å². The van der Waals surface area contributed by atoms with Crippen LogP contribution < -0.4 is 10.0 Å². The Morgan fingerprint density at radius 1 is 0.909 bits per heavy atom. The van der Waals surface area contributed by atoms with E-state index in [0.717, 1.165) is 12.1 Å². The van der Waals surface area contributed by atoms with E-state index in [9.17, 15) is 23.3 Å². The number of nitro benzene ring substituents is 1. The summed E-state index contributed by atoms with van der Waals surface area (Å²) in [5, 5.41) is 21.3. The molecule has 0 spiro atoms. The fourth-order valence-corrected chi connectivity index (χ4v) is 4.11. The van der Waals surface area contributed by atoms with Gasteiger partial charge in [0.1, 0.15) is 0 Å². The predicted octanol–water partition coefficient (Wildman–Crippen LogP) is 3.70. The number of nitrogens with one attached hydrogen (secondary N) is 2. The first-order chi connectivity index (χ1) is 15.8. The number of amides is 1. The van der Waals surface area contributed by atoms with Crippen LogP contribution in [0, 0.1) is 10.1 Å². The molecule has 0 radical (unpaired) electrons. The summed E-state index contributed by atoms with van der Waals surface area (Å²) >= 11 is 0. The van der Waals surface area contributed by atoms with Gasteiger partial charge in [0, 0.05) is 22.9 Å². The smallest absolute Gasteiger partial charge is 0.322 e. The Kier molecular flexibility index (Phi) is 5.83. The van der Waals surface area contributed by atoms with Gasteiger partial charge in [-0.1, -0.05) is 35.4 Å². The number of para-hydroxylation sites is 1. The number of hydrogen-bond acceptors (Lipinski definition) is 8. The maximum Gasteiger partial charge on any atom is 0.322 e. The van der Waals surface area contributed by atoms with Gasteiger partial charge < -0.3 is 4.42 Å². The summed E-state index contributed by atoms with van der Waals surface area (Å²) in [5.41, 5.74) is 0.466. The molecule has 0 fully saturated rings. The maximum atomic E-state index is 12.6. The van der Waals surface area contributed by atoms with Gasteiger partial charge in [0.25, 0.3) is 21.6 Å². The lowest BCUT2D eigenvalue weighted by Crippen LogP contribution is -2.15. The second-order valence-corrected chi connectivity index (χ2v) is 8.29. The van der Waals surface area contributed by atoms with Crippen LogP contribution in [0.25, 0.3) is 11.5 Å². The van der Waals surface area contributed by atoms with E-state index in [1.54, 1.807) is 12.1 Å². The molecule has 12 heteroatoms. The average molecular weight is 465 g/mol. The molecule has 1 aromatic heterocycles. The van der Waals surface area contributed by atoms with E-state index in [4.69, 9.17) is 4.42 Å². The number of benzene rings is 3. The molecule has 1 amide bonds. The molecule has 0 unspecified atom stereocenters. The Morgan fingerprint density at radius 3 is 2.27 bits per heavy atom. The molecule has 11 nitrogen and oxygen atoms in total. The first-order valence-corrected chi connectivity index (χ1v) is 10.9. The molecule has 0 saturated heterocycles. The summed E-state index contributed by atoms with van der Waals surface area (Å²) in [4.78, 5) is 22.3. The van der Waals surface area contributed by atoms with Crippen LogP contribution in [0.5, 0.6) is 0 Å². The van der Waals surface area contributed by atoms with Crippen molar-refractivity contribution in [3.63, 3.8) is 0 Å². The fourth-order valence-electron chi connectivity index (χ4n) is 2.88. The van der Waals surface area contributed by atoms with Gasteiger partial charge in [-0.25, -0.2) is 8.42 Å². The van der Waals surface area contributed by atoms with E-state index >= 15 is 0 Å². The third-order valence-corrected chi connectivity index (χ3v) is 5.85. The molecule has 4 rings (SSSR count). The molecule has 3 aromatic carbocycles. The van der Waals surface area contributed by atoms with Crippen LogP contribution in [0.2, 0.25) is 0 Å². The second-order valence-electron chi connectivity index (χ2n) is 6.64. The van der Waals surface area contributed by atoms with Crippen LogP contribution in [0.4, 0.5) is 17.4 Å². The highest BCUT2D eigenvalue weighted by Gasteiger charge is 2.25. The topological polar surface area (TPSA) is 157 Å². The normalized spacial score (nSPS) is 11.0. The zero-order valence-corrected chi connectivity index (χ0v) is 17.5. The lowest BCUT2D eigenvalue weighted by Gasteiger charge is -2.09. The minimum atomic E-state index is -4.22. The zero-order valence-electron chi connectivity index (χ0n) is 16.7. The first-order valence-electron chi connectivity index (χ1n) is 9.40.